The molecule has 64 valence electrons. The number of rotatable bonds is 1. The summed E-state index contributed by atoms with van der Waals surface area (Å²) in [5.74, 6) is 0. The van der Waals surface area contributed by atoms with Gasteiger partial charge in [0.15, 0.2) is 0 Å². The number of fused-ring (bicyclic) bond motifs is 1. The van der Waals surface area contributed by atoms with E-state index in [2.05, 4.69) is 36.5 Å². The molecule has 1 heteroatoms. The molecule has 0 amide bonds. The lowest BCUT2D eigenvalue weighted by Crippen LogP contribution is -2.90. The van der Waals surface area contributed by atoms with Crippen molar-refractivity contribution >= 4 is 0 Å². The van der Waals surface area contributed by atoms with E-state index >= 15 is 0 Å². The molecule has 1 aliphatic heterocycles. The van der Waals surface area contributed by atoms with Crippen molar-refractivity contribution in [3.63, 3.8) is 0 Å². The van der Waals surface area contributed by atoms with Gasteiger partial charge in [0.1, 0.15) is 6.54 Å². The third-order valence-electron chi connectivity index (χ3n) is 2.80. The maximum absolute atomic E-state index is 2.46. The maximum atomic E-state index is 2.46. The molecule has 0 aliphatic carbocycles. The number of hydrogen-bond acceptors (Lipinski definition) is 0. The number of benzene rings is 1. The van der Waals surface area contributed by atoms with E-state index in [1.807, 2.05) is 0 Å². The fourth-order valence-corrected chi connectivity index (χ4v) is 1.93. The minimum absolute atomic E-state index is 0.819. The first kappa shape index (κ1) is 7.81. The Kier molecular flexibility index (Phi) is 2.13. The van der Waals surface area contributed by atoms with E-state index in [1.54, 1.807) is 5.56 Å². The Bertz CT molecular complexity index is 267. The summed E-state index contributed by atoms with van der Waals surface area (Å²) in [4.78, 5) is 0. The predicted molar refractivity (Wildman–Crippen MR) is 49.9 cm³/mol. The zero-order valence-corrected chi connectivity index (χ0v) is 7.59. The van der Waals surface area contributed by atoms with Crippen LogP contribution in [-0.4, -0.2) is 6.04 Å². The highest BCUT2D eigenvalue weighted by Gasteiger charge is 2.18. The molecule has 2 N–H and O–H groups in total. The molecule has 1 aromatic carbocycles. The van der Waals surface area contributed by atoms with Crippen molar-refractivity contribution in [1.82, 2.24) is 0 Å². The molecule has 0 saturated heterocycles. The second-order valence-corrected chi connectivity index (χ2v) is 3.58. The first-order valence-electron chi connectivity index (χ1n) is 4.80. The van der Waals surface area contributed by atoms with Gasteiger partial charge in [-0.25, -0.2) is 0 Å². The zero-order chi connectivity index (χ0) is 8.39. The highest BCUT2D eigenvalue weighted by Crippen LogP contribution is 2.13. The summed E-state index contributed by atoms with van der Waals surface area (Å²) >= 11 is 0. The molecular weight excluding hydrogens is 146 g/mol. The van der Waals surface area contributed by atoms with E-state index in [0.717, 1.165) is 6.04 Å². The van der Waals surface area contributed by atoms with E-state index in [4.69, 9.17) is 0 Å². The smallest absolute Gasteiger partial charge is 0.102 e. The number of hydrogen-bond donors (Lipinski definition) is 1. The third kappa shape index (κ3) is 1.37. The van der Waals surface area contributed by atoms with Crippen LogP contribution < -0.4 is 5.32 Å². The van der Waals surface area contributed by atoms with E-state index in [9.17, 15) is 0 Å². The maximum Gasteiger partial charge on any atom is 0.102 e. The van der Waals surface area contributed by atoms with Gasteiger partial charge in [0.25, 0.3) is 0 Å². The summed E-state index contributed by atoms with van der Waals surface area (Å²) in [6.45, 7) is 3.45. The van der Waals surface area contributed by atoms with E-state index in [-0.39, 0.29) is 0 Å². The van der Waals surface area contributed by atoms with Crippen LogP contribution in [0.4, 0.5) is 0 Å². The molecule has 0 radical (unpaired) electrons. The Labute approximate surface area is 73.8 Å². The first-order chi connectivity index (χ1) is 5.90. The Morgan fingerprint density at radius 2 is 2.08 bits per heavy atom. The van der Waals surface area contributed by atoms with Gasteiger partial charge >= 0.3 is 0 Å². The molecule has 1 aromatic rings. The molecule has 0 fully saturated rings. The van der Waals surface area contributed by atoms with Gasteiger partial charge < -0.3 is 5.32 Å². The Morgan fingerprint density at radius 3 is 2.83 bits per heavy atom. The topological polar surface area (TPSA) is 16.6 Å². The average Bonchev–Trinajstić information content (AvgIpc) is 2.17. The van der Waals surface area contributed by atoms with Crippen LogP contribution in [0.2, 0.25) is 0 Å². The molecule has 0 aromatic heterocycles. The third-order valence-corrected chi connectivity index (χ3v) is 2.80. The molecule has 0 spiro atoms. The summed E-state index contributed by atoms with van der Waals surface area (Å²) < 4.78 is 0. The van der Waals surface area contributed by atoms with Crippen molar-refractivity contribution in [3.05, 3.63) is 35.4 Å². The van der Waals surface area contributed by atoms with Crippen LogP contribution in [0.15, 0.2) is 24.3 Å². The molecule has 2 rings (SSSR count). The van der Waals surface area contributed by atoms with Gasteiger partial charge in [-0.2, -0.15) is 0 Å². The van der Waals surface area contributed by atoms with E-state index in [1.165, 1.54) is 24.9 Å². The highest BCUT2D eigenvalue weighted by molar-refractivity contribution is 5.27. The summed E-state index contributed by atoms with van der Waals surface area (Å²) in [5.41, 5.74) is 3.09. The van der Waals surface area contributed by atoms with Gasteiger partial charge in [0.05, 0.1) is 6.04 Å². The Balaban J connectivity index is 2.23. The summed E-state index contributed by atoms with van der Waals surface area (Å²) in [7, 11) is 0. The quantitative estimate of drug-likeness (QED) is 0.636. The molecule has 0 unspecified atom stereocenters. The van der Waals surface area contributed by atoms with Crippen LogP contribution in [0.25, 0.3) is 0 Å². The van der Waals surface area contributed by atoms with Crippen molar-refractivity contribution < 1.29 is 5.32 Å². The Hall–Kier alpha value is -0.820. The van der Waals surface area contributed by atoms with Crippen molar-refractivity contribution in [2.45, 2.75) is 32.4 Å². The van der Waals surface area contributed by atoms with Crippen LogP contribution in [0.5, 0.6) is 0 Å². The second-order valence-electron chi connectivity index (χ2n) is 3.58. The van der Waals surface area contributed by atoms with E-state index in [0.29, 0.717) is 0 Å². The molecular formula is C11H16N+. The average molecular weight is 162 g/mol. The lowest BCUT2D eigenvalue weighted by Gasteiger charge is -2.21. The summed E-state index contributed by atoms with van der Waals surface area (Å²) in [5, 5.41) is 2.46. The van der Waals surface area contributed by atoms with Gasteiger partial charge in [-0.15, -0.1) is 0 Å². The lowest BCUT2D eigenvalue weighted by atomic mass is 9.95. The minimum atomic E-state index is 0.819. The monoisotopic (exact) mass is 162 g/mol. The van der Waals surface area contributed by atoms with Crippen molar-refractivity contribution in [2.24, 2.45) is 0 Å². The van der Waals surface area contributed by atoms with Crippen LogP contribution in [0.3, 0.4) is 0 Å². The van der Waals surface area contributed by atoms with Gasteiger partial charge in [-0.05, 0) is 12.0 Å². The number of nitrogens with two attached hydrogens (primary N) is 1. The normalized spacial score (nSPS) is 21.9. The first-order valence-corrected chi connectivity index (χ1v) is 4.80. The van der Waals surface area contributed by atoms with Crippen LogP contribution in [-0.2, 0) is 13.0 Å². The van der Waals surface area contributed by atoms with Crippen molar-refractivity contribution in [3.8, 4) is 0 Å². The molecule has 12 heavy (non-hydrogen) atoms. The summed E-state index contributed by atoms with van der Waals surface area (Å²) in [6, 6.07) is 9.62. The highest BCUT2D eigenvalue weighted by atomic mass is 14.9. The van der Waals surface area contributed by atoms with Crippen molar-refractivity contribution in [2.75, 3.05) is 0 Å². The largest absolute Gasteiger partial charge is 0.340 e. The Morgan fingerprint density at radius 1 is 1.33 bits per heavy atom. The van der Waals surface area contributed by atoms with E-state index < -0.39 is 0 Å². The lowest BCUT2D eigenvalue weighted by molar-refractivity contribution is -0.707. The molecule has 1 aliphatic rings. The number of quaternary nitrogens is 1. The van der Waals surface area contributed by atoms with Gasteiger partial charge in [-0.3, -0.25) is 0 Å². The van der Waals surface area contributed by atoms with Crippen LogP contribution in [0, 0.1) is 0 Å². The fraction of sp³-hybridized carbons (Fsp3) is 0.455. The molecule has 1 atom stereocenters. The molecule has 1 nitrogen and oxygen atoms in total. The second kappa shape index (κ2) is 3.28. The zero-order valence-electron chi connectivity index (χ0n) is 7.59. The predicted octanol–water partition coefficient (Wildman–Crippen LogP) is 1.08. The standard InChI is InChI=1S/C11H15N/c1-2-11-7-9-5-3-4-6-10(9)8-12-11/h3-6,11-12H,2,7-8H2,1H3/p+1/t11-/m1/s1. The minimum Gasteiger partial charge on any atom is -0.340 e. The molecule has 0 saturated carbocycles. The van der Waals surface area contributed by atoms with Gasteiger partial charge in [-0.1, -0.05) is 31.2 Å². The fourth-order valence-electron chi connectivity index (χ4n) is 1.93. The van der Waals surface area contributed by atoms with Crippen molar-refractivity contribution in [1.29, 1.82) is 0 Å². The molecule has 0 bridgehead atoms. The van der Waals surface area contributed by atoms with Gasteiger partial charge in [0, 0.05) is 12.0 Å². The summed E-state index contributed by atoms with van der Waals surface area (Å²) in [6.07, 6.45) is 2.54. The van der Waals surface area contributed by atoms with Crippen LogP contribution >= 0.6 is 0 Å². The SMILES string of the molecule is CC[C@@H]1Cc2ccccc2C[NH2+]1. The van der Waals surface area contributed by atoms with Crippen LogP contribution in [0.1, 0.15) is 24.5 Å². The molecule has 1 heterocycles. The van der Waals surface area contributed by atoms with Gasteiger partial charge in [0.2, 0.25) is 0 Å².